The van der Waals surface area contributed by atoms with Crippen LogP contribution in [0, 0.1) is 0 Å². The van der Waals surface area contributed by atoms with Gasteiger partial charge in [0.25, 0.3) is 5.88 Å². The van der Waals surface area contributed by atoms with E-state index in [2.05, 4.69) is 24.9 Å². The molecule has 1 saturated carbocycles. The van der Waals surface area contributed by atoms with Crippen LogP contribution in [0.25, 0.3) is 22.8 Å². The molecule has 37 heavy (non-hydrogen) atoms. The van der Waals surface area contributed by atoms with Crippen molar-refractivity contribution in [3.05, 3.63) is 59.9 Å². The lowest BCUT2D eigenvalue weighted by Gasteiger charge is -2.14. The molecule has 0 aliphatic heterocycles. The van der Waals surface area contributed by atoms with Gasteiger partial charge in [0, 0.05) is 24.7 Å². The molecule has 0 bridgehead atoms. The number of ether oxygens (including phenoxy) is 3. The number of benzene rings is 1. The van der Waals surface area contributed by atoms with E-state index < -0.39 is 18.9 Å². The minimum Gasteiger partial charge on any atom is -0.490 e. The van der Waals surface area contributed by atoms with Gasteiger partial charge in [-0.2, -0.15) is 18.2 Å². The van der Waals surface area contributed by atoms with Gasteiger partial charge in [0.05, 0.1) is 30.2 Å². The van der Waals surface area contributed by atoms with Crippen LogP contribution in [0.3, 0.4) is 0 Å². The monoisotopic (exact) mass is 515 g/mol. The average molecular weight is 516 g/mol. The normalized spacial score (nSPS) is 15.0. The molecule has 0 spiro atoms. The van der Waals surface area contributed by atoms with E-state index in [0.29, 0.717) is 16.7 Å². The summed E-state index contributed by atoms with van der Waals surface area (Å²) < 4.78 is 79.2. The molecule has 1 fully saturated rings. The third-order valence-corrected chi connectivity index (χ3v) is 5.81. The average Bonchev–Trinajstić information content (AvgIpc) is 3.67. The summed E-state index contributed by atoms with van der Waals surface area (Å²) in [5.74, 6) is 0.485. The van der Waals surface area contributed by atoms with Crippen molar-refractivity contribution in [2.45, 2.75) is 31.5 Å². The van der Waals surface area contributed by atoms with E-state index in [0.717, 1.165) is 24.7 Å². The lowest BCUT2D eigenvalue weighted by molar-refractivity contribution is -0.140. The van der Waals surface area contributed by atoms with E-state index in [4.69, 9.17) is 18.3 Å². The Morgan fingerprint density at radius 2 is 1.84 bits per heavy atom. The van der Waals surface area contributed by atoms with Crippen molar-refractivity contribution >= 4 is 0 Å². The van der Waals surface area contributed by atoms with Gasteiger partial charge in [-0.1, -0.05) is 24.3 Å². The first-order chi connectivity index (χ1) is 18.9. The summed E-state index contributed by atoms with van der Waals surface area (Å²) in [7, 11) is 0.161. The Morgan fingerprint density at radius 1 is 1.05 bits per heavy atom. The largest absolute Gasteiger partial charge is 0.490 e. The number of nitrogens with zero attached hydrogens (tertiary/aromatic N) is 6. The first-order valence-electron chi connectivity index (χ1n) is 12.7. The Hall–Kier alpha value is -4.22. The van der Waals surface area contributed by atoms with Gasteiger partial charge in [0.15, 0.2) is 17.3 Å². The maximum atomic E-state index is 13.0. The summed E-state index contributed by atoms with van der Waals surface area (Å²) in [6, 6.07) is 6.53. The molecule has 0 amide bonds. The highest BCUT2D eigenvalue weighted by Crippen LogP contribution is 2.45. The van der Waals surface area contributed by atoms with Crippen LogP contribution in [0.1, 0.15) is 39.8 Å². The second kappa shape index (κ2) is 9.68. The Balaban J connectivity index is 1.42. The van der Waals surface area contributed by atoms with Crippen molar-refractivity contribution in [3.8, 4) is 40.3 Å². The molecule has 192 valence electrons. The zero-order valence-electron chi connectivity index (χ0n) is 22.8. The van der Waals surface area contributed by atoms with Gasteiger partial charge in [-0.3, -0.25) is 0 Å². The van der Waals surface area contributed by atoms with Crippen molar-refractivity contribution < 1.29 is 31.5 Å². The minimum atomic E-state index is -4.55. The van der Waals surface area contributed by atoms with Crippen LogP contribution in [0.5, 0.6) is 17.5 Å². The topological polar surface area (TPSA) is 97.1 Å². The first-order valence-corrected chi connectivity index (χ1v) is 11.2. The van der Waals surface area contributed by atoms with Crippen LogP contribution in [0.2, 0.25) is 0 Å². The summed E-state index contributed by atoms with van der Waals surface area (Å²) in [4.78, 5) is 21.0. The van der Waals surface area contributed by atoms with Crippen LogP contribution in [0.4, 0.5) is 13.2 Å². The van der Waals surface area contributed by atoms with Crippen LogP contribution in [-0.4, -0.2) is 43.6 Å². The molecule has 1 aliphatic rings. The highest BCUT2D eigenvalue weighted by Gasteiger charge is 2.34. The van der Waals surface area contributed by atoms with Gasteiger partial charge in [0.1, 0.15) is 24.3 Å². The van der Waals surface area contributed by atoms with E-state index in [9.17, 15) is 13.2 Å². The Bertz CT molecular complexity index is 1520. The van der Waals surface area contributed by atoms with E-state index in [1.807, 2.05) is 0 Å². The molecule has 0 saturated heterocycles. The molecule has 3 aromatic heterocycles. The van der Waals surface area contributed by atoms with Gasteiger partial charge in [-0.15, -0.1) is 0 Å². The lowest BCUT2D eigenvalue weighted by atomic mass is 10.1. The maximum absolute atomic E-state index is 13.0. The molecular formula is C25H23F3N6O3. The maximum Gasteiger partial charge on any atom is 0.434 e. The number of rotatable bonds is 8. The molecule has 5 rings (SSSR count). The molecule has 12 heteroatoms. The standard InChI is InChI=1S/C25H23F3N6O3/c1-34-11-18(25(26,27)28)32-22(34)16-6-4-14(5-7-16)12-37-23-17(35-2)10-29-21(33-23)19-20(15-8-9-15)30-13-31-24(19)36-3/h4-7,10-11,13,15H,8-9,12H2,1-3H3/i2D3. The summed E-state index contributed by atoms with van der Waals surface area (Å²) in [5, 5.41) is 0. The highest BCUT2D eigenvalue weighted by atomic mass is 19.4. The van der Waals surface area contributed by atoms with Crippen molar-refractivity contribution in [2.75, 3.05) is 14.1 Å². The summed E-state index contributed by atoms with van der Waals surface area (Å²) >= 11 is 0. The Kier molecular flexibility index (Phi) is 5.47. The molecule has 0 radical (unpaired) electrons. The molecule has 1 aromatic carbocycles. The van der Waals surface area contributed by atoms with Crippen LogP contribution >= 0.6 is 0 Å². The number of methoxy groups -OCH3 is 2. The smallest absolute Gasteiger partial charge is 0.434 e. The highest BCUT2D eigenvalue weighted by molar-refractivity contribution is 5.66. The summed E-state index contributed by atoms with van der Waals surface area (Å²) in [5.41, 5.74) is 1.33. The quantitative estimate of drug-likeness (QED) is 0.329. The Labute approximate surface area is 214 Å². The predicted molar refractivity (Wildman–Crippen MR) is 126 cm³/mol. The molecule has 3 heterocycles. The molecular weight excluding hydrogens is 489 g/mol. The number of alkyl halides is 3. The van der Waals surface area contributed by atoms with E-state index in [-0.39, 0.29) is 41.7 Å². The van der Waals surface area contributed by atoms with Crippen molar-refractivity contribution in [1.29, 1.82) is 0 Å². The molecule has 0 atom stereocenters. The number of hydrogen-bond donors (Lipinski definition) is 0. The number of aromatic nitrogens is 6. The third kappa shape index (κ3) is 5.04. The fourth-order valence-corrected chi connectivity index (χ4v) is 3.84. The zero-order chi connectivity index (χ0) is 28.7. The molecule has 1 aliphatic carbocycles. The Morgan fingerprint density at radius 3 is 2.49 bits per heavy atom. The van der Waals surface area contributed by atoms with E-state index >= 15 is 0 Å². The van der Waals surface area contributed by atoms with Crippen molar-refractivity contribution in [3.63, 3.8) is 0 Å². The van der Waals surface area contributed by atoms with Crippen LogP contribution in [-0.2, 0) is 19.8 Å². The van der Waals surface area contributed by atoms with Gasteiger partial charge in [0.2, 0.25) is 5.88 Å². The van der Waals surface area contributed by atoms with Crippen molar-refractivity contribution in [2.24, 2.45) is 7.05 Å². The minimum absolute atomic E-state index is 0.0552. The number of imidazole rings is 1. The van der Waals surface area contributed by atoms with E-state index in [1.54, 1.807) is 24.3 Å². The molecule has 0 unspecified atom stereocenters. The number of halogens is 3. The fourth-order valence-electron chi connectivity index (χ4n) is 3.84. The predicted octanol–water partition coefficient (Wildman–Crippen LogP) is 4.83. The first kappa shape index (κ1) is 20.9. The van der Waals surface area contributed by atoms with Crippen molar-refractivity contribution in [1.82, 2.24) is 29.5 Å². The van der Waals surface area contributed by atoms with Gasteiger partial charge in [-0.25, -0.2) is 19.9 Å². The molecule has 4 aromatic rings. The summed E-state index contributed by atoms with van der Waals surface area (Å²) in [6.07, 6.45) is 0.871. The van der Waals surface area contributed by atoms with Gasteiger partial charge < -0.3 is 18.8 Å². The number of aryl methyl sites for hydroxylation is 1. The SMILES string of the molecule is [2H]C([2H])([2H])Oc1cnc(-c2c(OC)ncnc2C2CC2)nc1OCc1ccc(-c2nc(C(F)(F)F)cn2C)cc1. The third-order valence-electron chi connectivity index (χ3n) is 5.81. The second-order valence-corrected chi connectivity index (χ2v) is 8.43. The number of hydrogen-bond acceptors (Lipinski definition) is 8. The van der Waals surface area contributed by atoms with E-state index in [1.165, 1.54) is 31.2 Å². The molecule has 0 N–H and O–H groups in total. The summed E-state index contributed by atoms with van der Waals surface area (Å²) in [6.45, 7) is -0.0552. The second-order valence-electron chi connectivity index (χ2n) is 8.43. The zero-order valence-corrected chi connectivity index (χ0v) is 19.8. The van der Waals surface area contributed by atoms with Gasteiger partial charge >= 0.3 is 6.18 Å². The fraction of sp³-hybridized carbons (Fsp3) is 0.320. The van der Waals surface area contributed by atoms with Crippen LogP contribution in [0.15, 0.2) is 43.0 Å². The lowest BCUT2D eigenvalue weighted by Crippen LogP contribution is -2.05. The molecule has 9 nitrogen and oxygen atoms in total. The van der Waals surface area contributed by atoms with Gasteiger partial charge in [-0.05, 0) is 18.4 Å². The van der Waals surface area contributed by atoms with Crippen LogP contribution < -0.4 is 14.2 Å².